The zero-order valence-electron chi connectivity index (χ0n) is 16.6. The Balaban J connectivity index is 0.00000210. The van der Waals surface area contributed by atoms with Gasteiger partial charge in [0.2, 0.25) is 0 Å². The summed E-state index contributed by atoms with van der Waals surface area (Å²) >= 11 is 0. The minimum Gasteiger partial charge on any atom is -0.381 e. The van der Waals surface area contributed by atoms with E-state index < -0.39 is 0 Å². The van der Waals surface area contributed by atoms with Crippen molar-refractivity contribution in [2.75, 3.05) is 26.3 Å². The largest absolute Gasteiger partial charge is 0.381 e. The molecule has 2 aliphatic heterocycles. The summed E-state index contributed by atoms with van der Waals surface area (Å²) < 4.78 is 7.73. The van der Waals surface area contributed by atoms with E-state index in [1.54, 1.807) is 0 Å². The number of ether oxygens (including phenoxy) is 1. The van der Waals surface area contributed by atoms with Crippen molar-refractivity contribution in [2.45, 2.75) is 64.5 Å². The second-order valence-corrected chi connectivity index (χ2v) is 8.32. The van der Waals surface area contributed by atoms with Crippen molar-refractivity contribution in [2.24, 2.45) is 17.5 Å². The van der Waals surface area contributed by atoms with Crippen LogP contribution in [0.5, 0.6) is 0 Å². The highest BCUT2D eigenvalue weighted by molar-refractivity contribution is 14.0. The van der Waals surface area contributed by atoms with E-state index >= 15 is 0 Å². The van der Waals surface area contributed by atoms with E-state index in [0.29, 0.717) is 18.0 Å². The van der Waals surface area contributed by atoms with E-state index in [4.69, 9.17) is 9.73 Å². The Morgan fingerprint density at radius 2 is 2.07 bits per heavy atom. The number of nitrogens with one attached hydrogen (secondary N) is 1. The average molecular weight is 488 g/mol. The number of rotatable bonds is 3. The number of aryl methyl sites for hydroxylation is 1. The molecule has 1 N–H and O–H groups in total. The lowest BCUT2D eigenvalue weighted by Gasteiger charge is -2.30. The van der Waals surface area contributed by atoms with Gasteiger partial charge in [0.25, 0.3) is 0 Å². The second-order valence-electron chi connectivity index (χ2n) is 8.32. The van der Waals surface area contributed by atoms with Crippen LogP contribution in [0.3, 0.4) is 0 Å². The highest BCUT2D eigenvalue weighted by atomic mass is 127. The minimum absolute atomic E-state index is 0. The van der Waals surface area contributed by atoms with E-state index in [1.165, 1.54) is 44.9 Å². The van der Waals surface area contributed by atoms with Crippen molar-refractivity contribution in [1.29, 1.82) is 0 Å². The molecule has 0 bridgehead atoms. The minimum atomic E-state index is 0. The first-order valence-electron chi connectivity index (χ1n) is 10.1. The van der Waals surface area contributed by atoms with E-state index in [9.17, 15) is 0 Å². The van der Waals surface area contributed by atoms with Crippen molar-refractivity contribution in [1.82, 2.24) is 25.0 Å². The molecule has 8 heteroatoms. The van der Waals surface area contributed by atoms with Crippen LogP contribution in [0.25, 0.3) is 0 Å². The molecule has 1 aliphatic carbocycles. The molecule has 0 aromatic carbocycles. The second kappa shape index (κ2) is 9.07. The van der Waals surface area contributed by atoms with Crippen LogP contribution in [0, 0.1) is 12.3 Å². The van der Waals surface area contributed by atoms with E-state index in [1.807, 2.05) is 18.5 Å². The Bertz CT molecular complexity index is 649. The molecule has 1 saturated carbocycles. The van der Waals surface area contributed by atoms with Crippen molar-refractivity contribution >= 4 is 29.9 Å². The van der Waals surface area contributed by atoms with Gasteiger partial charge in [0.1, 0.15) is 12.4 Å². The summed E-state index contributed by atoms with van der Waals surface area (Å²) in [6, 6.07) is 0.556. The zero-order valence-corrected chi connectivity index (χ0v) is 18.9. The van der Waals surface area contributed by atoms with Crippen LogP contribution in [-0.2, 0) is 18.3 Å². The number of halogens is 1. The van der Waals surface area contributed by atoms with Crippen molar-refractivity contribution < 1.29 is 4.74 Å². The number of guanidine groups is 1. The molecule has 1 aromatic rings. The van der Waals surface area contributed by atoms with Gasteiger partial charge in [-0.05, 0) is 32.6 Å². The van der Waals surface area contributed by atoms with Crippen LogP contribution in [0.15, 0.2) is 4.99 Å². The third-order valence-corrected chi connectivity index (χ3v) is 6.41. The Morgan fingerprint density at radius 3 is 2.74 bits per heavy atom. The molecule has 3 heterocycles. The lowest BCUT2D eigenvalue weighted by molar-refractivity contribution is 0.156. The molecule has 0 radical (unpaired) electrons. The number of hydrogen-bond donors (Lipinski definition) is 1. The van der Waals surface area contributed by atoms with Crippen molar-refractivity contribution in [3.8, 4) is 0 Å². The topological polar surface area (TPSA) is 67.6 Å². The van der Waals surface area contributed by atoms with Gasteiger partial charge >= 0.3 is 0 Å². The monoisotopic (exact) mass is 488 g/mol. The van der Waals surface area contributed by atoms with Gasteiger partial charge in [0.15, 0.2) is 11.8 Å². The van der Waals surface area contributed by atoms with Crippen LogP contribution >= 0.6 is 24.0 Å². The fraction of sp³-hybridized carbons (Fsp3) is 0.842. The first-order valence-corrected chi connectivity index (χ1v) is 10.1. The average Bonchev–Trinajstić information content (AvgIpc) is 3.37. The third kappa shape index (κ3) is 4.75. The Morgan fingerprint density at radius 1 is 1.26 bits per heavy atom. The number of nitrogens with zero attached hydrogens (tertiary/aromatic N) is 5. The number of hydrogen-bond acceptors (Lipinski definition) is 4. The Hall–Kier alpha value is -0.900. The summed E-state index contributed by atoms with van der Waals surface area (Å²) in [7, 11) is 2.01. The smallest absolute Gasteiger partial charge is 0.194 e. The van der Waals surface area contributed by atoms with Crippen LogP contribution in [0.1, 0.15) is 56.6 Å². The van der Waals surface area contributed by atoms with E-state index in [2.05, 4.69) is 20.4 Å². The fourth-order valence-electron chi connectivity index (χ4n) is 4.49. The van der Waals surface area contributed by atoms with Gasteiger partial charge in [-0.1, -0.05) is 19.3 Å². The summed E-state index contributed by atoms with van der Waals surface area (Å²) in [6.07, 6.45) is 8.92. The summed E-state index contributed by atoms with van der Waals surface area (Å²) in [6.45, 7) is 6.50. The zero-order chi connectivity index (χ0) is 18.0. The molecule has 0 amide bonds. The molecule has 1 spiro atoms. The normalized spacial score (nSPS) is 26.6. The van der Waals surface area contributed by atoms with E-state index in [-0.39, 0.29) is 24.0 Å². The molecule has 7 nitrogen and oxygen atoms in total. The van der Waals surface area contributed by atoms with E-state index in [0.717, 1.165) is 43.9 Å². The highest BCUT2D eigenvalue weighted by Crippen LogP contribution is 2.38. The molecular formula is C19H33IN6O. The van der Waals surface area contributed by atoms with Gasteiger partial charge in [-0.3, -0.25) is 0 Å². The van der Waals surface area contributed by atoms with Gasteiger partial charge in [0, 0.05) is 38.2 Å². The summed E-state index contributed by atoms with van der Waals surface area (Å²) in [4.78, 5) is 7.42. The molecule has 1 atom stereocenters. The van der Waals surface area contributed by atoms with Crippen molar-refractivity contribution in [3.05, 3.63) is 11.6 Å². The molecule has 1 unspecified atom stereocenters. The molecule has 2 saturated heterocycles. The first kappa shape index (κ1) is 20.8. The predicted molar refractivity (Wildman–Crippen MR) is 116 cm³/mol. The Kier molecular flexibility index (Phi) is 6.99. The van der Waals surface area contributed by atoms with Gasteiger partial charge in [-0.25, -0.2) is 4.99 Å². The van der Waals surface area contributed by atoms with Gasteiger partial charge in [-0.15, -0.1) is 34.2 Å². The summed E-state index contributed by atoms with van der Waals surface area (Å²) in [5.74, 6) is 2.91. The SMILES string of the molecule is Cc1nnc(CN=C(NC2CCCCC2)N2CCC3(CCOC3)C2)n1C.I. The lowest BCUT2D eigenvalue weighted by Crippen LogP contribution is -2.46. The number of aliphatic imine (C=N–C) groups is 1. The molecular weight excluding hydrogens is 455 g/mol. The molecule has 3 fully saturated rings. The Labute approximate surface area is 179 Å². The third-order valence-electron chi connectivity index (χ3n) is 6.41. The summed E-state index contributed by atoms with van der Waals surface area (Å²) in [5.41, 5.74) is 0.344. The lowest BCUT2D eigenvalue weighted by atomic mass is 9.87. The molecule has 1 aromatic heterocycles. The molecule has 3 aliphatic rings. The fourth-order valence-corrected chi connectivity index (χ4v) is 4.49. The number of likely N-dealkylation sites (tertiary alicyclic amines) is 1. The van der Waals surface area contributed by atoms with Crippen LogP contribution in [0.2, 0.25) is 0 Å². The quantitative estimate of drug-likeness (QED) is 0.403. The standard InChI is InChI=1S/C19H32N6O.HI/c1-15-22-23-17(24(15)2)12-20-18(21-16-6-4-3-5-7-16)25-10-8-19(13-25)9-11-26-14-19;/h16H,3-14H2,1-2H3,(H,20,21);1H. The van der Waals surface area contributed by atoms with Gasteiger partial charge in [0.05, 0.1) is 6.61 Å². The van der Waals surface area contributed by atoms with Crippen LogP contribution in [0.4, 0.5) is 0 Å². The summed E-state index contributed by atoms with van der Waals surface area (Å²) in [5, 5.41) is 12.2. The van der Waals surface area contributed by atoms with Gasteiger partial charge in [-0.2, -0.15) is 0 Å². The highest BCUT2D eigenvalue weighted by Gasteiger charge is 2.42. The van der Waals surface area contributed by atoms with Crippen LogP contribution < -0.4 is 5.32 Å². The molecule has 27 heavy (non-hydrogen) atoms. The molecule has 4 rings (SSSR count). The van der Waals surface area contributed by atoms with Crippen LogP contribution in [-0.4, -0.2) is 58.0 Å². The van der Waals surface area contributed by atoms with Crippen molar-refractivity contribution in [3.63, 3.8) is 0 Å². The van der Waals surface area contributed by atoms with Gasteiger partial charge < -0.3 is 19.5 Å². The maximum Gasteiger partial charge on any atom is 0.194 e. The first-order chi connectivity index (χ1) is 12.7. The molecule has 152 valence electrons. The maximum atomic E-state index is 5.70. The maximum absolute atomic E-state index is 5.70. The number of aromatic nitrogens is 3. The predicted octanol–water partition coefficient (Wildman–Crippen LogP) is 2.63.